The lowest BCUT2D eigenvalue weighted by molar-refractivity contribution is -0.109. The van der Waals surface area contributed by atoms with Gasteiger partial charge in [0.1, 0.15) is 6.26 Å². The second-order valence-electron chi connectivity index (χ2n) is 3.73. The van der Waals surface area contributed by atoms with E-state index >= 15 is 0 Å². The van der Waals surface area contributed by atoms with Gasteiger partial charge in [-0.05, 0) is 0 Å². The molecule has 1 amide bonds. The van der Waals surface area contributed by atoms with Gasteiger partial charge in [-0.15, -0.1) is 0 Å². The van der Waals surface area contributed by atoms with E-state index in [9.17, 15) is 9.59 Å². The van der Waals surface area contributed by atoms with Crippen molar-refractivity contribution in [1.82, 2.24) is 10.3 Å². The van der Waals surface area contributed by atoms with Gasteiger partial charge < -0.3 is 14.6 Å². The molecule has 1 aliphatic heterocycles. The monoisotopic (exact) mass is 255 g/mol. The molecular formula is C10H13N3O3S. The van der Waals surface area contributed by atoms with Crippen LogP contribution in [-0.4, -0.2) is 41.4 Å². The van der Waals surface area contributed by atoms with Gasteiger partial charge in [0, 0.05) is 32.3 Å². The molecule has 17 heavy (non-hydrogen) atoms. The highest BCUT2D eigenvalue weighted by atomic mass is 32.2. The van der Waals surface area contributed by atoms with Crippen LogP contribution in [0.5, 0.6) is 0 Å². The van der Waals surface area contributed by atoms with E-state index in [1.165, 1.54) is 18.0 Å². The average molecular weight is 255 g/mol. The minimum atomic E-state index is -0.268. The van der Waals surface area contributed by atoms with Crippen molar-refractivity contribution >= 4 is 28.8 Å². The maximum Gasteiger partial charge on any atom is 0.298 e. The van der Waals surface area contributed by atoms with Crippen LogP contribution in [0, 0.1) is 0 Å². The molecular weight excluding hydrogens is 242 g/mol. The highest BCUT2D eigenvalue weighted by Gasteiger charge is 2.31. The van der Waals surface area contributed by atoms with Gasteiger partial charge in [0.15, 0.2) is 10.8 Å². The van der Waals surface area contributed by atoms with Crippen LogP contribution in [-0.2, 0) is 4.79 Å². The van der Waals surface area contributed by atoms with Crippen LogP contribution in [0.2, 0.25) is 0 Å². The molecule has 1 N–H and O–H groups in total. The second-order valence-corrected chi connectivity index (χ2v) is 5.21. The summed E-state index contributed by atoms with van der Waals surface area (Å²) in [5.41, 5.74) is 0.269. The molecule has 2 heterocycles. The summed E-state index contributed by atoms with van der Waals surface area (Å²) in [6.07, 6.45) is 1.33. The van der Waals surface area contributed by atoms with E-state index in [4.69, 9.17) is 4.42 Å². The van der Waals surface area contributed by atoms with Gasteiger partial charge in [-0.1, -0.05) is 11.8 Å². The number of nitrogens with one attached hydrogen (secondary N) is 1. The normalized spacial score (nSPS) is 15.5. The lowest BCUT2D eigenvalue weighted by atomic mass is 10.2. The Hall–Kier alpha value is -1.50. The Kier molecular flexibility index (Phi) is 3.37. The molecule has 2 rings (SSSR count). The molecule has 0 aliphatic carbocycles. The van der Waals surface area contributed by atoms with Crippen molar-refractivity contribution in [1.29, 1.82) is 0 Å². The Morgan fingerprint density at radius 2 is 2.29 bits per heavy atom. The molecule has 92 valence electrons. The molecule has 1 saturated heterocycles. The summed E-state index contributed by atoms with van der Waals surface area (Å²) in [7, 11) is 1.54. The highest BCUT2D eigenvalue weighted by Crippen LogP contribution is 2.27. The third-order valence-corrected chi connectivity index (χ3v) is 3.37. The van der Waals surface area contributed by atoms with Crippen LogP contribution < -0.4 is 10.2 Å². The number of carbonyl (C=O) groups is 2. The van der Waals surface area contributed by atoms with Gasteiger partial charge >= 0.3 is 0 Å². The first-order chi connectivity index (χ1) is 8.10. The highest BCUT2D eigenvalue weighted by molar-refractivity contribution is 8.14. The van der Waals surface area contributed by atoms with Crippen LogP contribution in [0.1, 0.15) is 17.4 Å². The lowest BCUT2D eigenvalue weighted by Gasteiger charge is -2.36. The molecule has 0 unspecified atom stereocenters. The van der Waals surface area contributed by atoms with Crippen molar-refractivity contribution in [3.63, 3.8) is 0 Å². The summed E-state index contributed by atoms with van der Waals surface area (Å²) in [4.78, 5) is 28.1. The molecule has 0 radical (unpaired) electrons. The molecule has 1 aromatic rings. The van der Waals surface area contributed by atoms with E-state index in [2.05, 4.69) is 10.3 Å². The number of oxazole rings is 1. The number of hydrogen-bond acceptors (Lipinski definition) is 6. The first-order valence-corrected chi connectivity index (χ1v) is 6.08. The zero-order valence-corrected chi connectivity index (χ0v) is 10.4. The van der Waals surface area contributed by atoms with Crippen molar-refractivity contribution < 1.29 is 14.0 Å². The molecule has 0 atom stereocenters. The Balaban J connectivity index is 1.91. The fraction of sp³-hybridized carbons (Fsp3) is 0.500. The number of amides is 1. The van der Waals surface area contributed by atoms with Crippen molar-refractivity contribution in [3.05, 3.63) is 12.0 Å². The minimum Gasteiger partial charge on any atom is -0.431 e. The SMILES string of the molecule is CNC(=O)c1coc(N2CC(SC(C)=O)C2)n1. The summed E-state index contributed by atoms with van der Waals surface area (Å²) in [5.74, 6) is -0.268. The second kappa shape index (κ2) is 4.79. The van der Waals surface area contributed by atoms with Crippen LogP contribution in [0.4, 0.5) is 6.01 Å². The van der Waals surface area contributed by atoms with Crippen LogP contribution >= 0.6 is 11.8 Å². The van der Waals surface area contributed by atoms with E-state index in [0.717, 1.165) is 13.1 Å². The topological polar surface area (TPSA) is 75.4 Å². The average Bonchev–Trinajstić information content (AvgIpc) is 2.70. The van der Waals surface area contributed by atoms with Gasteiger partial charge in [0.25, 0.3) is 11.9 Å². The van der Waals surface area contributed by atoms with Crippen LogP contribution in [0.3, 0.4) is 0 Å². The maximum atomic E-state index is 11.3. The smallest absolute Gasteiger partial charge is 0.298 e. The zero-order valence-electron chi connectivity index (χ0n) is 9.60. The Morgan fingerprint density at radius 3 is 2.88 bits per heavy atom. The van der Waals surface area contributed by atoms with E-state index in [1.807, 2.05) is 4.90 Å². The summed E-state index contributed by atoms with van der Waals surface area (Å²) in [5, 5.41) is 2.89. The Morgan fingerprint density at radius 1 is 1.59 bits per heavy atom. The van der Waals surface area contributed by atoms with Gasteiger partial charge in [-0.3, -0.25) is 9.59 Å². The van der Waals surface area contributed by atoms with E-state index in [-0.39, 0.29) is 16.7 Å². The minimum absolute atomic E-state index is 0.119. The molecule has 0 bridgehead atoms. The van der Waals surface area contributed by atoms with Gasteiger partial charge in [0.2, 0.25) is 0 Å². The van der Waals surface area contributed by atoms with Gasteiger partial charge in [-0.2, -0.15) is 4.98 Å². The molecule has 7 heteroatoms. The standard InChI is InChI=1S/C10H13N3O3S/c1-6(14)17-7-3-13(4-7)10-12-8(5-16-10)9(15)11-2/h5,7H,3-4H2,1-2H3,(H,11,15). The molecule has 1 fully saturated rings. The largest absolute Gasteiger partial charge is 0.431 e. The number of anilines is 1. The molecule has 1 aliphatic rings. The van der Waals surface area contributed by atoms with Gasteiger partial charge in [0.05, 0.1) is 0 Å². The van der Waals surface area contributed by atoms with Crippen molar-refractivity contribution in [2.75, 3.05) is 25.0 Å². The zero-order chi connectivity index (χ0) is 12.4. The van der Waals surface area contributed by atoms with Crippen molar-refractivity contribution in [3.8, 4) is 0 Å². The van der Waals surface area contributed by atoms with E-state index < -0.39 is 0 Å². The molecule has 6 nitrogen and oxygen atoms in total. The quantitative estimate of drug-likeness (QED) is 0.847. The number of aromatic nitrogens is 1. The predicted octanol–water partition coefficient (Wildman–Crippen LogP) is 0.502. The molecule has 1 aromatic heterocycles. The van der Waals surface area contributed by atoms with Crippen molar-refractivity contribution in [2.45, 2.75) is 12.2 Å². The molecule has 0 aromatic carbocycles. The third-order valence-electron chi connectivity index (χ3n) is 2.40. The lowest BCUT2D eigenvalue weighted by Crippen LogP contribution is -2.49. The first kappa shape index (κ1) is 12.0. The molecule has 0 saturated carbocycles. The van der Waals surface area contributed by atoms with Crippen molar-refractivity contribution in [2.24, 2.45) is 0 Å². The Bertz CT molecular complexity index is 440. The number of hydrogen-bond donors (Lipinski definition) is 1. The first-order valence-electron chi connectivity index (χ1n) is 5.20. The maximum absolute atomic E-state index is 11.3. The summed E-state index contributed by atoms with van der Waals surface area (Å²) >= 11 is 1.33. The van der Waals surface area contributed by atoms with E-state index in [1.54, 1.807) is 14.0 Å². The fourth-order valence-corrected chi connectivity index (χ4v) is 2.52. The van der Waals surface area contributed by atoms with E-state index in [0.29, 0.717) is 11.3 Å². The van der Waals surface area contributed by atoms with Gasteiger partial charge in [-0.25, -0.2) is 0 Å². The third kappa shape index (κ3) is 2.60. The summed E-state index contributed by atoms with van der Waals surface area (Å²) in [6.45, 7) is 3.00. The fourth-order valence-electron chi connectivity index (χ4n) is 1.55. The number of thioether (sulfide) groups is 1. The molecule has 0 spiro atoms. The summed E-state index contributed by atoms with van der Waals surface area (Å²) < 4.78 is 5.20. The summed E-state index contributed by atoms with van der Waals surface area (Å²) in [6, 6.07) is 0.434. The van der Waals surface area contributed by atoms with Crippen LogP contribution in [0.15, 0.2) is 10.7 Å². The Labute approximate surface area is 103 Å². The predicted molar refractivity (Wildman–Crippen MR) is 64.2 cm³/mol. The number of rotatable bonds is 3. The number of nitrogens with zero attached hydrogens (tertiary/aromatic N) is 2. The number of carbonyl (C=O) groups excluding carboxylic acids is 2. The van der Waals surface area contributed by atoms with Crippen LogP contribution in [0.25, 0.3) is 0 Å².